The molecule has 0 aliphatic rings. The number of anilines is 1. The number of nitrogens with zero attached hydrogens (tertiary/aromatic N) is 1. The Kier molecular flexibility index (Phi) is 5.27. The van der Waals surface area contributed by atoms with Crippen molar-refractivity contribution in [1.29, 1.82) is 0 Å². The lowest BCUT2D eigenvalue weighted by Gasteiger charge is -2.30. The van der Waals surface area contributed by atoms with Crippen LogP contribution < -0.4 is 5.32 Å². The molecule has 0 unspecified atom stereocenters. The smallest absolute Gasteiger partial charge is 0.225 e. The van der Waals surface area contributed by atoms with E-state index >= 15 is 0 Å². The van der Waals surface area contributed by atoms with Crippen molar-refractivity contribution in [2.24, 2.45) is 0 Å². The third-order valence-corrected chi connectivity index (χ3v) is 5.38. The largest absolute Gasteiger partial charge is 0.324 e. The molecule has 1 amide bonds. The zero-order valence-corrected chi connectivity index (χ0v) is 16.4. The second kappa shape index (κ2) is 8.03. The lowest BCUT2D eigenvalue weighted by atomic mass is 9.73. The highest BCUT2D eigenvalue weighted by Gasteiger charge is 2.32. The minimum Gasteiger partial charge on any atom is -0.324 e. The third kappa shape index (κ3) is 3.92. The first kappa shape index (κ1) is 19.7. The summed E-state index contributed by atoms with van der Waals surface area (Å²) in [5.74, 6) is -0.928. The summed E-state index contributed by atoms with van der Waals surface area (Å²) in [6, 6.07) is 21.5. The van der Waals surface area contributed by atoms with Gasteiger partial charge in [-0.3, -0.25) is 9.78 Å². The Balaban J connectivity index is 1.68. The Morgan fingerprint density at radius 1 is 0.867 bits per heavy atom. The maximum atomic E-state index is 13.5. The van der Waals surface area contributed by atoms with E-state index in [1.807, 2.05) is 31.2 Å². The molecule has 0 radical (unpaired) electrons. The Morgan fingerprint density at radius 3 is 2.03 bits per heavy atom. The van der Waals surface area contributed by atoms with E-state index in [-0.39, 0.29) is 24.0 Å². The molecular weight excluding hydrogens is 382 g/mol. The van der Waals surface area contributed by atoms with Crippen molar-refractivity contribution >= 4 is 22.5 Å². The maximum Gasteiger partial charge on any atom is 0.225 e. The van der Waals surface area contributed by atoms with Crippen molar-refractivity contribution in [3.8, 4) is 0 Å². The number of aromatic nitrogens is 1. The lowest BCUT2D eigenvalue weighted by molar-refractivity contribution is -0.117. The number of fused-ring (bicyclic) bond motifs is 1. The summed E-state index contributed by atoms with van der Waals surface area (Å²) in [6.45, 7) is 1.90. The monoisotopic (exact) mass is 402 g/mol. The second-order valence-corrected chi connectivity index (χ2v) is 7.45. The quantitative estimate of drug-likeness (QED) is 0.455. The highest BCUT2D eigenvalue weighted by Crippen LogP contribution is 2.36. The molecule has 3 aromatic carbocycles. The summed E-state index contributed by atoms with van der Waals surface area (Å²) in [7, 11) is 0. The van der Waals surface area contributed by atoms with Crippen LogP contribution in [0.2, 0.25) is 0 Å². The van der Waals surface area contributed by atoms with Crippen LogP contribution in [0.3, 0.4) is 0 Å². The molecule has 30 heavy (non-hydrogen) atoms. The highest BCUT2D eigenvalue weighted by molar-refractivity contribution is 6.00. The van der Waals surface area contributed by atoms with Gasteiger partial charge in [0.2, 0.25) is 5.91 Å². The van der Waals surface area contributed by atoms with Crippen molar-refractivity contribution in [1.82, 2.24) is 4.98 Å². The van der Waals surface area contributed by atoms with Crippen molar-refractivity contribution in [3.63, 3.8) is 0 Å². The summed E-state index contributed by atoms with van der Waals surface area (Å²) < 4.78 is 27.0. The van der Waals surface area contributed by atoms with Crippen molar-refractivity contribution in [3.05, 3.63) is 108 Å². The van der Waals surface area contributed by atoms with E-state index in [0.29, 0.717) is 11.2 Å². The minimum atomic E-state index is -0.774. The number of rotatable bonds is 5. The first-order chi connectivity index (χ1) is 14.5. The van der Waals surface area contributed by atoms with E-state index < -0.39 is 5.41 Å². The number of hydrogen-bond acceptors (Lipinski definition) is 2. The van der Waals surface area contributed by atoms with Crippen molar-refractivity contribution < 1.29 is 13.6 Å². The van der Waals surface area contributed by atoms with Crippen LogP contribution in [-0.2, 0) is 10.2 Å². The van der Waals surface area contributed by atoms with E-state index in [9.17, 15) is 13.6 Å². The number of carbonyl (C=O) groups excluding carboxylic acids is 1. The molecule has 0 bridgehead atoms. The van der Waals surface area contributed by atoms with Gasteiger partial charge in [0, 0.05) is 23.4 Å². The van der Waals surface area contributed by atoms with Gasteiger partial charge >= 0.3 is 0 Å². The molecule has 0 spiro atoms. The molecule has 4 rings (SSSR count). The van der Waals surface area contributed by atoms with Gasteiger partial charge in [-0.1, -0.05) is 49.4 Å². The molecule has 1 aromatic heterocycles. The number of halogens is 2. The Morgan fingerprint density at radius 2 is 1.43 bits per heavy atom. The minimum absolute atomic E-state index is 0.0908. The molecule has 0 saturated heterocycles. The molecule has 0 fully saturated rings. The van der Waals surface area contributed by atoms with Gasteiger partial charge in [-0.25, -0.2) is 8.78 Å². The molecule has 4 aromatic rings. The van der Waals surface area contributed by atoms with Crippen LogP contribution in [-0.4, -0.2) is 10.9 Å². The predicted molar refractivity (Wildman–Crippen MR) is 114 cm³/mol. The van der Waals surface area contributed by atoms with E-state index in [1.165, 1.54) is 24.3 Å². The van der Waals surface area contributed by atoms with Crippen LogP contribution in [0.25, 0.3) is 10.9 Å². The van der Waals surface area contributed by atoms with E-state index in [1.54, 1.807) is 36.5 Å². The Bertz CT molecular complexity index is 1140. The zero-order chi connectivity index (χ0) is 21.1. The molecule has 150 valence electrons. The van der Waals surface area contributed by atoms with E-state index in [4.69, 9.17) is 0 Å². The van der Waals surface area contributed by atoms with Gasteiger partial charge in [0.05, 0.1) is 11.2 Å². The summed E-state index contributed by atoms with van der Waals surface area (Å²) in [4.78, 5) is 17.4. The third-order valence-electron chi connectivity index (χ3n) is 5.38. The van der Waals surface area contributed by atoms with Gasteiger partial charge in [-0.2, -0.15) is 0 Å². The van der Waals surface area contributed by atoms with Gasteiger partial charge in [0.15, 0.2) is 0 Å². The molecule has 1 heterocycles. The number of para-hydroxylation sites is 1. The summed E-state index contributed by atoms with van der Waals surface area (Å²) in [5, 5.41) is 3.88. The predicted octanol–water partition coefficient (Wildman–Crippen LogP) is 5.85. The first-order valence-corrected chi connectivity index (χ1v) is 9.61. The normalized spacial score (nSPS) is 11.4. The molecular formula is C25H20F2N2O. The molecule has 0 aliphatic heterocycles. The van der Waals surface area contributed by atoms with Crippen LogP contribution in [0.1, 0.15) is 24.5 Å². The molecule has 0 saturated carbocycles. The summed E-state index contributed by atoms with van der Waals surface area (Å²) in [6.07, 6.45) is 1.77. The van der Waals surface area contributed by atoms with Crippen LogP contribution in [0, 0.1) is 11.6 Å². The lowest BCUT2D eigenvalue weighted by Crippen LogP contribution is -2.30. The second-order valence-electron chi connectivity index (χ2n) is 7.45. The van der Waals surface area contributed by atoms with Crippen LogP contribution in [0.15, 0.2) is 85.1 Å². The summed E-state index contributed by atoms with van der Waals surface area (Å²) in [5.41, 5.74) is 2.09. The topological polar surface area (TPSA) is 42.0 Å². The average Bonchev–Trinajstić information content (AvgIpc) is 2.75. The SMILES string of the molecule is CC(CC(=O)Nc1cccc2cccnc12)(c1ccc(F)cc1)c1ccc(F)cc1. The first-order valence-electron chi connectivity index (χ1n) is 9.61. The van der Waals surface area contributed by atoms with E-state index in [0.717, 1.165) is 16.5 Å². The number of hydrogen-bond donors (Lipinski definition) is 1. The molecule has 3 nitrogen and oxygen atoms in total. The molecule has 0 aliphatic carbocycles. The average molecular weight is 402 g/mol. The fraction of sp³-hybridized carbons (Fsp3) is 0.120. The fourth-order valence-electron chi connectivity index (χ4n) is 3.73. The Hall–Kier alpha value is -3.60. The van der Waals surface area contributed by atoms with Crippen molar-refractivity contribution in [2.75, 3.05) is 5.32 Å². The molecule has 5 heteroatoms. The van der Waals surface area contributed by atoms with Gasteiger partial charge in [0.25, 0.3) is 0 Å². The van der Waals surface area contributed by atoms with Crippen LogP contribution >= 0.6 is 0 Å². The number of carbonyl (C=O) groups is 1. The number of pyridine rings is 1. The molecule has 0 atom stereocenters. The standard InChI is InChI=1S/C25H20F2N2O/c1-25(18-7-11-20(26)12-8-18,19-9-13-21(27)14-10-19)16-23(30)29-22-6-2-4-17-5-3-15-28-24(17)22/h2-15H,16H2,1H3,(H,29,30). The summed E-state index contributed by atoms with van der Waals surface area (Å²) >= 11 is 0. The highest BCUT2D eigenvalue weighted by atomic mass is 19.1. The number of benzene rings is 3. The van der Waals surface area contributed by atoms with Gasteiger partial charge in [0.1, 0.15) is 11.6 Å². The van der Waals surface area contributed by atoms with Gasteiger partial charge < -0.3 is 5.32 Å². The zero-order valence-electron chi connectivity index (χ0n) is 16.4. The van der Waals surface area contributed by atoms with E-state index in [2.05, 4.69) is 10.3 Å². The fourth-order valence-corrected chi connectivity index (χ4v) is 3.73. The molecule has 1 N–H and O–H groups in total. The van der Waals surface area contributed by atoms with Gasteiger partial charge in [-0.05, 0) is 47.5 Å². The number of nitrogens with one attached hydrogen (secondary N) is 1. The van der Waals surface area contributed by atoms with Crippen molar-refractivity contribution in [2.45, 2.75) is 18.8 Å². The van der Waals surface area contributed by atoms with Gasteiger partial charge in [-0.15, -0.1) is 0 Å². The number of amides is 1. The Labute approximate surface area is 173 Å². The van der Waals surface area contributed by atoms with Crippen LogP contribution in [0.5, 0.6) is 0 Å². The maximum absolute atomic E-state index is 13.5. The van der Waals surface area contributed by atoms with Crippen LogP contribution in [0.4, 0.5) is 14.5 Å².